The molecule has 0 spiro atoms. The van der Waals surface area contributed by atoms with Gasteiger partial charge in [-0.25, -0.2) is 0 Å². The molecular formula is C46H30N2. The van der Waals surface area contributed by atoms with Crippen LogP contribution < -0.4 is 0 Å². The van der Waals surface area contributed by atoms with E-state index in [2.05, 4.69) is 191 Å². The first-order valence-electron chi connectivity index (χ1n) is 16.5. The lowest BCUT2D eigenvalue weighted by Gasteiger charge is -2.15. The zero-order valence-corrected chi connectivity index (χ0v) is 26.2. The lowest BCUT2D eigenvalue weighted by molar-refractivity contribution is 1.12. The fourth-order valence-corrected chi connectivity index (χ4v) is 7.69. The van der Waals surface area contributed by atoms with E-state index >= 15 is 0 Å². The van der Waals surface area contributed by atoms with Gasteiger partial charge in [-0.2, -0.15) is 0 Å². The van der Waals surface area contributed by atoms with Crippen molar-refractivity contribution >= 4 is 54.3 Å². The van der Waals surface area contributed by atoms with Gasteiger partial charge in [0.1, 0.15) is 0 Å². The van der Waals surface area contributed by atoms with Gasteiger partial charge < -0.3 is 9.13 Å². The van der Waals surface area contributed by atoms with Crippen LogP contribution in [-0.4, -0.2) is 9.13 Å². The van der Waals surface area contributed by atoms with E-state index < -0.39 is 0 Å². The molecule has 0 atom stereocenters. The van der Waals surface area contributed by atoms with E-state index in [0.29, 0.717) is 0 Å². The van der Waals surface area contributed by atoms with Crippen LogP contribution in [0.2, 0.25) is 0 Å². The van der Waals surface area contributed by atoms with E-state index in [1.54, 1.807) is 0 Å². The minimum atomic E-state index is 1.15. The van der Waals surface area contributed by atoms with Gasteiger partial charge in [0.05, 0.1) is 22.2 Å². The summed E-state index contributed by atoms with van der Waals surface area (Å²) in [5.41, 5.74) is 10.7. The lowest BCUT2D eigenvalue weighted by atomic mass is 9.97. The number of nitrogens with zero attached hydrogens (tertiary/aromatic N) is 2. The van der Waals surface area contributed by atoms with Crippen molar-refractivity contribution < 1.29 is 0 Å². The summed E-state index contributed by atoms with van der Waals surface area (Å²) in [6, 6.07) is 66.2. The maximum absolute atomic E-state index is 2.47. The Morgan fingerprint density at radius 2 is 0.917 bits per heavy atom. The largest absolute Gasteiger partial charge is 0.307 e. The van der Waals surface area contributed by atoms with E-state index in [1.807, 2.05) is 0 Å². The molecule has 0 aliphatic carbocycles. The molecule has 0 bridgehead atoms. The van der Waals surface area contributed by atoms with Crippen molar-refractivity contribution in [1.29, 1.82) is 0 Å². The van der Waals surface area contributed by atoms with Crippen LogP contribution in [0, 0.1) is 0 Å². The summed E-state index contributed by atoms with van der Waals surface area (Å²) in [5.74, 6) is 0. The predicted molar refractivity (Wildman–Crippen MR) is 203 cm³/mol. The summed E-state index contributed by atoms with van der Waals surface area (Å²) in [5, 5.41) is 8.81. The molecule has 0 N–H and O–H groups in total. The predicted octanol–water partition coefficient (Wildman–Crippen LogP) is 12.4. The molecule has 0 aliphatic rings. The molecule has 48 heavy (non-hydrogen) atoms. The molecule has 10 rings (SSSR count). The van der Waals surface area contributed by atoms with Gasteiger partial charge in [0.2, 0.25) is 0 Å². The molecule has 2 heterocycles. The molecule has 0 aliphatic heterocycles. The molecule has 10 aromatic rings. The highest BCUT2D eigenvalue weighted by Crippen LogP contribution is 2.41. The van der Waals surface area contributed by atoms with E-state index in [0.717, 1.165) is 11.4 Å². The molecule has 224 valence electrons. The van der Waals surface area contributed by atoms with Gasteiger partial charge in [0.15, 0.2) is 0 Å². The summed E-state index contributed by atoms with van der Waals surface area (Å²) in [6.07, 6.45) is 0. The number of hydrogen-bond donors (Lipinski definition) is 0. The van der Waals surface area contributed by atoms with Gasteiger partial charge in [-0.1, -0.05) is 140 Å². The Morgan fingerprint density at radius 3 is 1.79 bits per heavy atom. The van der Waals surface area contributed by atoms with Crippen LogP contribution in [0.15, 0.2) is 182 Å². The molecule has 0 fully saturated rings. The third kappa shape index (κ3) is 4.06. The van der Waals surface area contributed by atoms with Gasteiger partial charge in [0, 0.05) is 27.5 Å². The molecule has 0 saturated heterocycles. The number of rotatable bonds is 4. The van der Waals surface area contributed by atoms with Crippen molar-refractivity contribution in [3.05, 3.63) is 182 Å². The molecule has 0 amide bonds. The third-order valence-corrected chi connectivity index (χ3v) is 9.86. The topological polar surface area (TPSA) is 9.86 Å². The highest BCUT2D eigenvalue weighted by molar-refractivity contribution is 6.19. The van der Waals surface area contributed by atoms with Gasteiger partial charge in [-0.05, 0) is 80.7 Å². The van der Waals surface area contributed by atoms with E-state index in [-0.39, 0.29) is 0 Å². The fraction of sp³-hybridized carbons (Fsp3) is 0. The van der Waals surface area contributed by atoms with Crippen molar-refractivity contribution in [3.63, 3.8) is 0 Å². The van der Waals surface area contributed by atoms with Crippen LogP contribution in [0.3, 0.4) is 0 Å². The SMILES string of the molecule is c1ccc(-c2cc3ccc4c5ccccc5n(-c5cccc(-c6ccc7c(ccc8ccccc87)c6)c5)c4c3n2-c2ccccc2)cc1. The number of aromatic nitrogens is 2. The van der Waals surface area contributed by atoms with Crippen LogP contribution in [0.4, 0.5) is 0 Å². The van der Waals surface area contributed by atoms with Crippen molar-refractivity contribution in [2.45, 2.75) is 0 Å². The normalized spacial score (nSPS) is 11.8. The average molecular weight is 611 g/mol. The monoisotopic (exact) mass is 610 g/mol. The molecule has 8 aromatic carbocycles. The van der Waals surface area contributed by atoms with Gasteiger partial charge in [-0.15, -0.1) is 0 Å². The molecule has 2 nitrogen and oxygen atoms in total. The Balaban J connectivity index is 1.26. The molecule has 2 heteroatoms. The minimum absolute atomic E-state index is 1.15. The lowest BCUT2D eigenvalue weighted by Crippen LogP contribution is -2.00. The molecule has 0 radical (unpaired) electrons. The second kappa shape index (κ2) is 10.6. The zero-order valence-electron chi connectivity index (χ0n) is 26.2. The number of hydrogen-bond acceptors (Lipinski definition) is 0. The second-order valence-electron chi connectivity index (χ2n) is 12.6. The number of benzene rings is 8. The van der Waals surface area contributed by atoms with Gasteiger partial charge >= 0.3 is 0 Å². The quantitative estimate of drug-likeness (QED) is 0.175. The minimum Gasteiger partial charge on any atom is -0.307 e. The summed E-state index contributed by atoms with van der Waals surface area (Å²) >= 11 is 0. The summed E-state index contributed by atoms with van der Waals surface area (Å²) in [4.78, 5) is 0. The highest BCUT2D eigenvalue weighted by Gasteiger charge is 2.21. The fourth-order valence-electron chi connectivity index (χ4n) is 7.69. The molecular weight excluding hydrogens is 581 g/mol. The third-order valence-electron chi connectivity index (χ3n) is 9.86. The number of para-hydroxylation sites is 2. The molecule has 0 unspecified atom stereocenters. The first-order valence-corrected chi connectivity index (χ1v) is 16.5. The smallest absolute Gasteiger partial charge is 0.0788 e. The van der Waals surface area contributed by atoms with E-state index in [1.165, 1.54) is 76.6 Å². The first-order chi connectivity index (χ1) is 23.8. The summed E-state index contributed by atoms with van der Waals surface area (Å²) < 4.78 is 4.92. The van der Waals surface area contributed by atoms with Crippen LogP contribution in [0.1, 0.15) is 0 Å². The van der Waals surface area contributed by atoms with E-state index in [9.17, 15) is 0 Å². The van der Waals surface area contributed by atoms with Crippen LogP contribution in [-0.2, 0) is 0 Å². The number of fused-ring (bicyclic) bond motifs is 8. The first kappa shape index (κ1) is 26.8. The van der Waals surface area contributed by atoms with Crippen molar-refractivity contribution in [3.8, 4) is 33.8 Å². The standard InChI is InChI=1S/C46H30N2/c1-3-13-32(14-4-1)44-30-36-25-27-42-41-20-9-10-21-43(41)48(46(42)45(36)47(44)37-16-5-2-6-17-37)38-18-11-15-33(29-38)34-24-26-40-35(28-34)23-22-31-12-7-8-19-39(31)40/h1-30H. The van der Waals surface area contributed by atoms with E-state index in [4.69, 9.17) is 0 Å². The van der Waals surface area contributed by atoms with Crippen LogP contribution in [0.25, 0.3) is 88.0 Å². The Morgan fingerprint density at radius 1 is 0.292 bits per heavy atom. The average Bonchev–Trinajstić information content (AvgIpc) is 3.72. The second-order valence-corrected chi connectivity index (χ2v) is 12.6. The summed E-state index contributed by atoms with van der Waals surface area (Å²) in [6.45, 7) is 0. The molecule has 2 aromatic heterocycles. The highest BCUT2D eigenvalue weighted by atomic mass is 15.0. The maximum Gasteiger partial charge on any atom is 0.0788 e. The Labute approximate surface area is 278 Å². The van der Waals surface area contributed by atoms with Crippen molar-refractivity contribution in [2.75, 3.05) is 0 Å². The van der Waals surface area contributed by atoms with Gasteiger partial charge in [0.25, 0.3) is 0 Å². The van der Waals surface area contributed by atoms with Crippen molar-refractivity contribution in [2.24, 2.45) is 0 Å². The molecule has 0 saturated carbocycles. The van der Waals surface area contributed by atoms with Crippen LogP contribution in [0.5, 0.6) is 0 Å². The summed E-state index contributed by atoms with van der Waals surface area (Å²) in [7, 11) is 0. The van der Waals surface area contributed by atoms with Crippen molar-refractivity contribution in [1.82, 2.24) is 9.13 Å². The van der Waals surface area contributed by atoms with Crippen LogP contribution >= 0.6 is 0 Å². The maximum atomic E-state index is 2.47. The van der Waals surface area contributed by atoms with Gasteiger partial charge in [-0.3, -0.25) is 0 Å². The Kier molecular flexibility index (Phi) is 5.91. The Hall–Kier alpha value is -6.38. The Bertz CT molecular complexity index is 2820. The zero-order chi connectivity index (χ0) is 31.6.